The fourth-order valence-corrected chi connectivity index (χ4v) is 6.19. The molecule has 0 aliphatic heterocycles. The maximum atomic E-state index is 12.8. The van der Waals surface area contributed by atoms with E-state index in [4.69, 9.17) is 0 Å². The average molecular weight is 631 g/mol. The monoisotopic (exact) mass is 629 g/mol. The van der Waals surface area contributed by atoms with Crippen LogP contribution in [0.15, 0.2) is 51.8 Å². The normalized spacial score (nSPS) is 18.3. The number of benzene rings is 2. The molecule has 0 amide bonds. The van der Waals surface area contributed by atoms with Crippen LogP contribution in [0.4, 0.5) is 24.9 Å². The second-order valence-electron chi connectivity index (χ2n) is 9.97. The second kappa shape index (κ2) is 12.3. The van der Waals surface area contributed by atoms with E-state index in [1.165, 1.54) is 6.07 Å². The van der Waals surface area contributed by atoms with Crippen molar-refractivity contribution in [2.24, 2.45) is 11.8 Å². The molecule has 8 nitrogen and oxygen atoms in total. The van der Waals surface area contributed by atoms with Crippen molar-refractivity contribution in [2.45, 2.75) is 56.8 Å². The van der Waals surface area contributed by atoms with Crippen LogP contribution in [-0.2, 0) is 10.0 Å². The maximum absolute atomic E-state index is 12.8. The topological polar surface area (TPSA) is 105 Å². The molecule has 0 spiro atoms. The zero-order valence-electron chi connectivity index (χ0n) is 21.6. The van der Waals surface area contributed by atoms with Gasteiger partial charge >= 0.3 is 6.36 Å². The molecule has 0 atom stereocenters. The fraction of sp³-hybridized carbons (Fsp3) is 0.462. The third kappa shape index (κ3) is 8.18. The highest BCUT2D eigenvalue weighted by Crippen LogP contribution is 2.33. The first-order valence-corrected chi connectivity index (χ1v) is 15.0. The van der Waals surface area contributed by atoms with Gasteiger partial charge in [0.25, 0.3) is 0 Å². The number of para-hydroxylation sites is 1. The highest BCUT2D eigenvalue weighted by molar-refractivity contribution is 9.10. The van der Waals surface area contributed by atoms with Crippen LogP contribution in [0.5, 0.6) is 5.75 Å². The summed E-state index contributed by atoms with van der Waals surface area (Å²) >= 11 is 3.05. The Kier molecular flexibility index (Phi) is 9.22. The molecular weight excluding hydrogens is 599 g/mol. The van der Waals surface area contributed by atoms with E-state index in [1.807, 2.05) is 24.3 Å². The second-order valence-corrected chi connectivity index (χ2v) is 12.6. The number of nitrogens with one attached hydrogen (secondary N) is 3. The van der Waals surface area contributed by atoms with E-state index < -0.39 is 27.0 Å². The minimum Gasteiger partial charge on any atom is -0.404 e. The highest BCUT2D eigenvalue weighted by atomic mass is 79.9. The molecule has 1 fully saturated rings. The number of nitrogens with zero attached hydrogens (tertiary/aromatic N) is 2. The minimum absolute atomic E-state index is 0.0808. The number of ether oxygens (including phenoxy) is 1. The molecule has 0 radical (unpaired) electrons. The van der Waals surface area contributed by atoms with E-state index in [0.29, 0.717) is 18.4 Å². The van der Waals surface area contributed by atoms with Crippen LogP contribution in [0.2, 0.25) is 0 Å². The lowest BCUT2D eigenvalue weighted by Gasteiger charge is -2.29. The Labute approximate surface area is 234 Å². The van der Waals surface area contributed by atoms with Crippen LogP contribution in [0.25, 0.3) is 10.9 Å². The Morgan fingerprint density at radius 2 is 1.69 bits per heavy atom. The highest BCUT2D eigenvalue weighted by Gasteiger charge is 2.34. The smallest absolute Gasteiger partial charge is 0.404 e. The molecule has 0 unspecified atom stereocenters. The number of fused-ring (bicyclic) bond motifs is 1. The van der Waals surface area contributed by atoms with Gasteiger partial charge in [-0.25, -0.2) is 18.1 Å². The fourth-order valence-electron chi connectivity index (χ4n) is 4.63. The largest absolute Gasteiger partial charge is 0.573 e. The first kappa shape index (κ1) is 29.3. The number of rotatable bonds is 10. The van der Waals surface area contributed by atoms with Crippen LogP contribution < -0.4 is 20.1 Å². The third-order valence-corrected chi connectivity index (χ3v) is 8.48. The molecule has 3 aromatic rings. The Morgan fingerprint density at radius 1 is 1.03 bits per heavy atom. The Hall–Kier alpha value is -2.64. The number of hydrogen-bond acceptors (Lipinski definition) is 7. The van der Waals surface area contributed by atoms with Crippen molar-refractivity contribution in [2.75, 3.05) is 23.7 Å². The minimum atomic E-state index is -5.01. The predicted octanol–water partition coefficient (Wildman–Crippen LogP) is 6.31. The lowest BCUT2D eigenvalue weighted by atomic mass is 9.82. The molecule has 2 aromatic carbocycles. The first-order chi connectivity index (χ1) is 18.4. The molecule has 1 aromatic heterocycles. The molecule has 0 bridgehead atoms. The lowest BCUT2D eigenvalue weighted by Crippen LogP contribution is -2.33. The molecule has 1 aliphatic rings. The summed E-state index contributed by atoms with van der Waals surface area (Å²) < 4.78 is 70.7. The number of alkyl halides is 3. The van der Waals surface area contributed by atoms with Gasteiger partial charge in [0.1, 0.15) is 10.7 Å². The van der Waals surface area contributed by atoms with Crippen LogP contribution in [0.1, 0.15) is 39.5 Å². The summed E-state index contributed by atoms with van der Waals surface area (Å²) in [5.74, 6) is 1.01. The van der Waals surface area contributed by atoms with Gasteiger partial charge in [0.05, 0.1) is 5.52 Å². The first-order valence-electron chi connectivity index (χ1n) is 12.7. The van der Waals surface area contributed by atoms with Crippen molar-refractivity contribution in [3.63, 3.8) is 0 Å². The maximum Gasteiger partial charge on any atom is 0.573 e. The van der Waals surface area contributed by atoms with Gasteiger partial charge in [0.2, 0.25) is 16.0 Å². The molecule has 1 aliphatic carbocycles. The number of halogens is 4. The molecule has 1 heterocycles. The van der Waals surface area contributed by atoms with E-state index in [0.717, 1.165) is 54.5 Å². The van der Waals surface area contributed by atoms with Gasteiger partial charge in [-0.05, 0) is 81.7 Å². The van der Waals surface area contributed by atoms with Crippen molar-refractivity contribution in [3.05, 3.63) is 46.9 Å². The van der Waals surface area contributed by atoms with Crippen LogP contribution >= 0.6 is 15.9 Å². The summed E-state index contributed by atoms with van der Waals surface area (Å²) in [5.41, 5.74) is 0.851. The van der Waals surface area contributed by atoms with Crippen LogP contribution in [0.3, 0.4) is 0 Å². The summed E-state index contributed by atoms with van der Waals surface area (Å²) in [6.07, 6.45) is -1.67. The molecule has 39 heavy (non-hydrogen) atoms. The van der Waals surface area contributed by atoms with Gasteiger partial charge < -0.3 is 15.4 Å². The lowest BCUT2D eigenvalue weighted by molar-refractivity contribution is -0.275. The quantitative estimate of drug-likeness (QED) is 0.241. The SMILES string of the molecule is CC(C)Nc1nc(NC[C@H]2CC[C@H](CNS(=O)(=O)c3ccc(Br)cc3OC(F)(F)F)CC2)nc2ccccc12. The van der Waals surface area contributed by atoms with E-state index in [-0.39, 0.29) is 23.0 Å². The standard InChI is InChI=1S/C26H31BrF3N5O3S/c1-16(2)33-24-20-5-3-4-6-21(20)34-25(35-24)31-14-17-7-9-18(10-8-17)15-32-39(36,37)23-12-11-19(27)13-22(23)38-26(28,29)30/h3-6,11-13,16-18,32H,7-10,14-15H2,1-2H3,(H2,31,33,34,35)/t17-,18-. The van der Waals surface area contributed by atoms with Gasteiger partial charge in [-0.15, -0.1) is 13.2 Å². The van der Waals surface area contributed by atoms with Crippen LogP contribution in [0, 0.1) is 11.8 Å². The zero-order chi connectivity index (χ0) is 28.2. The number of sulfonamides is 1. The molecule has 3 N–H and O–H groups in total. The van der Waals surface area contributed by atoms with Gasteiger partial charge in [-0.1, -0.05) is 28.1 Å². The molecule has 13 heteroatoms. The van der Waals surface area contributed by atoms with E-state index in [2.05, 4.69) is 59.8 Å². The van der Waals surface area contributed by atoms with Crippen molar-refractivity contribution in [1.29, 1.82) is 0 Å². The third-order valence-electron chi connectivity index (χ3n) is 6.53. The average Bonchev–Trinajstić information content (AvgIpc) is 2.85. The molecule has 1 saturated carbocycles. The van der Waals surface area contributed by atoms with Gasteiger partial charge in [-0.3, -0.25) is 0 Å². The van der Waals surface area contributed by atoms with E-state index >= 15 is 0 Å². The Balaban J connectivity index is 1.31. The van der Waals surface area contributed by atoms with E-state index in [1.54, 1.807) is 0 Å². The van der Waals surface area contributed by atoms with Gasteiger partial charge in [0.15, 0.2) is 5.75 Å². The molecular formula is C26H31BrF3N5O3S. The summed E-state index contributed by atoms with van der Waals surface area (Å²) in [4.78, 5) is 8.75. The van der Waals surface area contributed by atoms with Crippen molar-refractivity contribution in [1.82, 2.24) is 14.7 Å². The zero-order valence-corrected chi connectivity index (χ0v) is 24.0. The number of hydrogen-bond donors (Lipinski definition) is 3. The van der Waals surface area contributed by atoms with Crippen LogP contribution in [-0.4, -0.2) is 43.9 Å². The number of aromatic nitrogens is 2. The Bertz CT molecular complexity index is 1400. The van der Waals surface area contributed by atoms with Crippen molar-refractivity contribution >= 4 is 48.6 Å². The van der Waals surface area contributed by atoms with Crippen molar-refractivity contribution in [3.8, 4) is 5.75 Å². The van der Waals surface area contributed by atoms with Gasteiger partial charge in [-0.2, -0.15) is 4.98 Å². The van der Waals surface area contributed by atoms with Gasteiger partial charge in [0, 0.05) is 29.0 Å². The predicted molar refractivity (Wildman–Crippen MR) is 148 cm³/mol. The summed E-state index contributed by atoms with van der Waals surface area (Å²) in [6.45, 7) is 4.93. The number of anilines is 2. The summed E-state index contributed by atoms with van der Waals surface area (Å²) in [7, 11) is -4.20. The summed E-state index contributed by atoms with van der Waals surface area (Å²) in [6, 6.07) is 11.5. The van der Waals surface area contributed by atoms with Crippen molar-refractivity contribution < 1.29 is 26.3 Å². The van der Waals surface area contributed by atoms with E-state index in [9.17, 15) is 21.6 Å². The molecule has 4 rings (SSSR count). The molecule has 212 valence electrons. The summed E-state index contributed by atoms with van der Waals surface area (Å²) in [5, 5.41) is 7.69. The molecule has 0 saturated heterocycles. The Morgan fingerprint density at radius 3 is 2.36 bits per heavy atom.